The summed E-state index contributed by atoms with van der Waals surface area (Å²) in [5.74, 6) is 0.972. The van der Waals surface area contributed by atoms with Gasteiger partial charge in [0.15, 0.2) is 0 Å². The molecule has 0 heterocycles. The number of methoxy groups -OCH3 is 1. The summed E-state index contributed by atoms with van der Waals surface area (Å²) >= 11 is 3.29. The summed E-state index contributed by atoms with van der Waals surface area (Å²) in [6.45, 7) is 3.73. The molecule has 12 heavy (non-hydrogen) atoms. The quantitative estimate of drug-likeness (QED) is 0.805. The second-order valence-electron chi connectivity index (χ2n) is 2.68. The van der Waals surface area contributed by atoms with E-state index in [9.17, 15) is 5.11 Å². The number of hydrogen-bond acceptors (Lipinski definition) is 2. The number of ether oxygens (including phenoxy) is 1. The Kier molecular flexibility index (Phi) is 2.62. The normalized spacial score (nSPS) is 10.0. The number of benzene rings is 1. The van der Waals surface area contributed by atoms with Gasteiger partial charge in [-0.15, -0.1) is 0 Å². The van der Waals surface area contributed by atoms with Crippen molar-refractivity contribution in [1.29, 1.82) is 0 Å². The van der Waals surface area contributed by atoms with Gasteiger partial charge in [-0.2, -0.15) is 0 Å². The van der Waals surface area contributed by atoms with Crippen molar-refractivity contribution in [3.05, 3.63) is 21.7 Å². The maximum Gasteiger partial charge on any atom is 0.136 e. The number of phenols is 1. The third-order valence-electron chi connectivity index (χ3n) is 1.85. The molecule has 0 unspecified atom stereocenters. The molecule has 0 radical (unpaired) electrons. The Morgan fingerprint density at radius 1 is 1.42 bits per heavy atom. The number of halogens is 1. The van der Waals surface area contributed by atoms with E-state index < -0.39 is 0 Å². The highest BCUT2D eigenvalue weighted by atomic mass is 79.9. The van der Waals surface area contributed by atoms with E-state index in [0.717, 1.165) is 15.6 Å². The molecule has 66 valence electrons. The molecular weight excluding hydrogens is 220 g/mol. The molecule has 0 aliphatic heterocycles. The van der Waals surface area contributed by atoms with Crippen LogP contribution in [0.25, 0.3) is 0 Å². The third kappa shape index (κ3) is 1.41. The average Bonchev–Trinajstić information content (AvgIpc) is 2.08. The van der Waals surface area contributed by atoms with Crippen molar-refractivity contribution in [3.63, 3.8) is 0 Å². The smallest absolute Gasteiger partial charge is 0.136 e. The largest absolute Gasteiger partial charge is 0.506 e. The minimum absolute atomic E-state index is 0.256. The zero-order chi connectivity index (χ0) is 9.30. The van der Waals surface area contributed by atoms with E-state index in [4.69, 9.17) is 4.74 Å². The monoisotopic (exact) mass is 230 g/mol. The second-order valence-corrected chi connectivity index (χ2v) is 3.48. The molecule has 1 aromatic rings. The predicted octanol–water partition coefficient (Wildman–Crippen LogP) is 2.78. The van der Waals surface area contributed by atoms with Crippen molar-refractivity contribution >= 4 is 15.9 Å². The summed E-state index contributed by atoms with van der Waals surface area (Å²) < 4.78 is 5.82. The van der Waals surface area contributed by atoms with E-state index in [1.165, 1.54) is 0 Å². The predicted molar refractivity (Wildman–Crippen MR) is 51.8 cm³/mol. The summed E-state index contributed by atoms with van der Waals surface area (Å²) in [6, 6.07) is 1.89. The lowest BCUT2D eigenvalue weighted by Gasteiger charge is -2.09. The molecule has 0 amide bonds. The van der Waals surface area contributed by atoms with Gasteiger partial charge in [0, 0.05) is 5.56 Å². The molecule has 0 saturated carbocycles. The van der Waals surface area contributed by atoms with E-state index in [1.807, 2.05) is 19.9 Å². The fourth-order valence-corrected chi connectivity index (χ4v) is 1.46. The topological polar surface area (TPSA) is 29.5 Å². The highest BCUT2D eigenvalue weighted by Gasteiger charge is 2.10. The van der Waals surface area contributed by atoms with E-state index >= 15 is 0 Å². The van der Waals surface area contributed by atoms with Crippen LogP contribution in [0.2, 0.25) is 0 Å². The van der Waals surface area contributed by atoms with Crippen LogP contribution in [0.5, 0.6) is 11.5 Å². The second kappa shape index (κ2) is 3.35. The Morgan fingerprint density at radius 2 is 2.00 bits per heavy atom. The molecule has 0 aliphatic carbocycles. The summed E-state index contributed by atoms with van der Waals surface area (Å²) in [7, 11) is 1.59. The highest BCUT2D eigenvalue weighted by Crippen LogP contribution is 2.36. The number of phenolic OH excluding ortho intramolecular Hbond substituents is 1. The van der Waals surface area contributed by atoms with E-state index in [1.54, 1.807) is 7.11 Å². The van der Waals surface area contributed by atoms with E-state index in [2.05, 4.69) is 15.9 Å². The van der Waals surface area contributed by atoms with Crippen molar-refractivity contribution < 1.29 is 9.84 Å². The van der Waals surface area contributed by atoms with Gasteiger partial charge in [0.05, 0.1) is 11.6 Å². The molecule has 0 fully saturated rings. The van der Waals surface area contributed by atoms with Crippen LogP contribution in [0.15, 0.2) is 10.5 Å². The van der Waals surface area contributed by atoms with Crippen LogP contribution < -0.4 is 4.74 Å². The zero-order valence-electron chi connectivity index (χ0n) is 7.31. The first-order valence-corrected chi connectivity index (χ1v) is 4.40. The maximum atomic E-state index is 9.57. The Morgan fingerprint density at radius 3 is 2.50 bits per heavy atom. The molecule has 0 aromatic heterocycles. The van der Waals surface area contributed by atoms with Crippen LogP contribution in [0, 0.1) is 13.8 Å². The Hall–Kier alpha value is -0.700. The van der Waals surface area contributed by atoms with Gasteiger partial charge in [0.25, 0.3) is 0 Å². The molecule has 0 atom stereocenters. The zero-order valence-corrected chi connectivity index (χ0v) is 8.90. The van der Waals surface area contributed by atoms with Crippen LogP contribution in [0.1, 0.15) is 11.1 Å². The van der Waals surface area contributed by atoms with Gasteiger partial charge in [0.1, 0.15) is 11.5 Å². The summed E-state index contributed by atoms with van der Waals surface area (Å²) in [4.78, 5) is 0. The molecule has 3 heteroatoms. The van der Waals surface area contributed by atoms with Gasteiger partial charge in [0.2, 0.25) is 0 Å². The fraction of sp³-hybridized carbons (Fsp3) is 0.333. The van der Waals surface area contributed by atoms with Gasteiger partial charge in [-0.05, 0) is 41.4 Å². The van der Waals surface area contributed by atoms with Gasteiger partial charge in [-0.3, -0.25) is 0 Å². The van der Waals surface area contributed by atoms with Crippen molar-refractivity contribution in [3.8, 4) is 11.5 Å². The van der Waals surface area contributed by atoms with Crippen LogP contribution >= 0.6 is 15.9 Å². The van der Waals surface area contributed by atoms with Gasteiger partial charge in [-0.1, -0.05) is 0 Å². The fourth-order valence-electron chi connectivity index (χ4n) is 1.05. The maximum absolute atomic E-state index is 9.57. The van der Waals surface area contributed by atoms with Crippen molar-refractivity contribution in [2.24, 2.45) is 0 Å². The summed E-state index contributed by atoms with van der Waals surface area (Å²) in [5.41, 5.74) is 1.73. The first-order valence-electron chi connectivity index (χ1n) is 3.60. The Balaban J connectivity index is 3.39. The minimum Gasteiger partial charge on any atom is -0.506 e. The number of hydrogen-bond donors (Lipinski definition) is 1. The first kappa shape index (κ1) is 9.39. The molecule has 0 saturated heterocycles. The third-order valence-corrected chi connectivity index (χ3v) is 2.85. The Bertz CT molecular complexity index is 308. The molecule has 0 bridgehead atoms. The number of aryl methyl sites for hydroxylation is 1. The molecule has 1 N–H and O–H groups in total. The SMILES string of the molecule is COc1cc(C)c(Br)c(O)c1C. The standard InChI is InChI=1S/C9H11BrO2/c1-5-4-7(12-3)6(2)9(11)8(5)10/h4,11H,1-3H3. The summed E-state index contributed by atoms with van der Waals surface area (Å²) in [5, 5.41) is 9.57. The molecule has 2 nitrogen and oxygen atoms in total. The lowest BCUT2D eigenvalue weighted by Crippen LogP contribution is -1.90. The Labute approximate surface area is 80.3 Å². The lowest BCUT2D eigenvalue weighted by molar-refractivity contribution is 0.401. The van der Waals surface area contributed by atoms with Gasteiger partial charge < -0.3 is 9.84 Å². The van der Waals surface area contributed by atoms with E-state index in [0.29, 0.717) is 5.75 Å². The molecule has 0 spiro atoms. The highest BCUT2D eigenvalue weighted by molar-refractivity contribution is 9.10. The van der Waals surface area contributed by atoms with Gasteiger partial charge >= 0.3 is 0 Å². The molecule has 1 aromatic carbocycles. The van der Waals surface area contributed by atoms with Crippen molar-refractivity contribution in [2.45, 2.75) is 13.8 Å². The lowest BCUT2D eigenvalue weighted by atomic mass is 10.1. The summed E-state index contributed by atoms with van der Waals surface area (Å²) in [6.07, 6.45) is 0. The van der Waals surface area contributed by atoms with Crippen LogP contribution in [0.4, 0.5) is 0 Å². The number of rotatable bonds is 1. The van der Waals surface area contributed by atoms with Crippen molar-refractivity contribution in [2.75, 3.05) is 7.11 Å². The first-order chi connectivity index (χ1) is 5.57. The van der Waals surface area contributed by atoms with Crippen molar-refractivity contribution in [1.82, 2.24) is 0 Å². The molecule has 0 aliphatic rings. The molecular formula is C9H11BrO2. The van der Waals surface area contributed by atoms with Gasteiger partial charge in [-0.25, -0.2) is 0 Å². The average molecular weight is 231 g/mol. The van der Waals surface area contributed by atoms with Crippen LogP contribution in [-0.2, 0) is 0 Å². The van der Waals surface area contributed by atoms with E-state index in [-0.39, 0.29) is 5.75 Å². The van der Waals surface area contributed by atoms with Crippen LogP contribution in [0.3, 0.4) is 0 Å². The van der Waals surface area contributed by atoms with Crippen LogP contribution in [-0.4, -0.2) is 12.2 Å². The molecule has 1 rings (SSSR count). The number of aromatic hydroxyl groups is 1. The minimum atomic E-state index is 0.256.